The Morgan fingerprint density at radius 3 is 2.29 bits per heavy atom. The molecule has 4 heteroatoms. The van der Waals surface area contributed by atoms with Crippen molar-refractivity contribution in [2.75, 3.05) is 0 Å². The summed E-state index contributed by atoms with van der Waals surface area (Å²) in [6.45, 7) is 9.70. The second-order valence-corrected chi connectivity index (χ2v) is 7.23. The molecule has 0 bridgehead atoms. The molecule has 3 nitrogen and oxygen atoms in total. The molecular weight excluding hydrogens is 362 g/mol. The zero-order chi connectivity index (χ0) is 17.0. The first-order valence-corrected chi connectivity index (χ1v) is 9.05. The lowest BCUT2D eigenvalue weighted by atomic mass is 10.1. The summed E-state index contributed by atoms with van der Waals surface area (Å²) in [6, 6.07) is 10.7. The van der Waals surface area contributed by atoms with Crippen LogP contribution in [-0.2, 0) is 6.54 Å². The van der Waals surface area contributed by atoms with Gasteiger partial charge in [-0.05, 0) is 51.5 Å². The standard InChI is InChI=1S/C20H20BrN3/c1-5-23-13(3)19-12(2)22-24-11-16(10-18(24)20(19)14(23)4)15-6-8-17(21)9-7-15/h6-11H,5H2,1-4H3. The molecule has 122 valence electrons. The average Bonchev–Trinajstić information content (AvgIpc) is 3.07. The summed E-state index contributed by atoms with van der Waals surface area (Å²) in [5.74, 6) is 0. The molecule has 0 aliphatic carbocycles. The lowest BCUT2D eigenvalue weighted by Gasteiger charge is -2.03. The van der Waals surface area contributed by atoms with Gasteiger partial charge in [0.15, 0.2) is 0 Å². The van der Waals surface area contributed by atoms with Crippen LogP contribution in [0.15, 0.2) is 41.0 Å². The number of rotatable bonds is 2. The predicted molar refractivity (Wildman–Crippen MR) is 104 cm³/mol. The van der Waals surface area contributed by atoms with Crippen molar-refractivity contribution in [1.82, 2.24) is 14.2 Å². The van der Waals surface area contributed by atoms with Gasteiger partial charge >= 0.3 is 0 Å². The van der Waals surface area contributed by atoms with Gasteiger partial charge in [-0.15, -0.1) is 0 Å². The number of nitrogens with zero attached hydrogens (tertiary/aromatic N) is 3. The van der Waals surface area contributed by atoms with Gasteiger partial charge in [0.2, 0.25) is 0 Å². The summed E-state index contributed by atoms with van der Waals surface area (Å²) >= 11 is 3.50. The van der Waals surface area contributed by atoms with Crippen molar-refractivity contribution in [2.45, 2.75) is 34.2 Å². The second kappa shape index (κ2) is 5.49. The predicted octanol–water partition coefficient (Wildman–Crippen LogP) is 5.66. The molecule has 0 saturated carbocycles. The monoisotopic (exact) mass is 381 g/mol. The van der Waals surface area contributed by atoms with Crippen molar-refractivity contribution in [3.63, 3.8) is 0 Å². The summed E-state index contributed by atoms with van der Waals surface area (Å²) in [6.07, 6.45) is 2.13. The second-order valence-electron chi connectivity index (χ2n) is 6.32. The average molecular weight is 382 g/mol. The number of fused-ring (bicyclic) bond motifs is 3. The summed E-state index contributed by atoms with van der Waals surface area (Å²) in [5.41, 5.74) is 7.30. The van der Waals surface area contributed by atoms with Crippen LogP contribution in [0.25, 0.3) is 27.4 Å². The summed E-state index contributed by atoms with van der Waals surface area (Å²) in [5, 5.41) is 7.43. The first-order chi connectivity index (χ1) is 11.5. The third-order valence-electron chi connectivity index (χ3n) is 4.95. The van der Waals surface area contributed by atoms with Gasteiger partial charge in [0.25, 0.3) is 0 Å². The van der Waals surface area contributed by atoms with Crippen molar-refractivity contribution in [3.05, 3.63) is 58.1 Å². The number of hydrogen-bond acceptors (Lipinski definition) is 1. The lowest BCUT2D eigenvalue weighted by molar-refractivity contribution is 0.723. The van der Waals surface area contributed by atoms with Gasteiger partial charge in [-0.25, -0.2) is 4.52 Å². The maximum absolute atomic E-state index is 4.81. The molecule has 0 saturated heterocycles. The fourth-order valence-corrected chi connectivity index (χ4v) is 4.11. The van der Waals surface area contributed by atoms with Crippen molar-refractivity contribution in [2.24, 2.45) is 0 Å². The largest absolute Gasteiger partial charge is 0.348 e. The van der Waals surface area contributed by atoms with E-state index in [1.165, 1.54) is 38.8 Å². The molecule has 0 radical (unpaired) electrons. The summed E-state index contributed by atoms with van der Waals surface area (Å²) < 4.78 is 5.51. The highest BCUT2D eigenvalue weighted by atomic mass is 79.9. The Hall–Kier alpha value is -2.07. The molecule has 0 aliphatic heterocycles. The van der Waals surface area contributed by atoms with E-state index in [1.54, 1.807) is 0 Å². The Bertz CT molecular complexity index is 1070. The van der Waals surface area contributed by atoms with Crippen LogP contribution in [0.2, 0.25) is 0 Å². The molecular formula is C20H20BrN3. The van der Waals surface area contributed by atoms with Gasteiger partial charge < -0.3 is 4.57 Å². The Kier molecular flexibility index (Phi) is 3.53. The maximum Gasteiger partial charge on any atom is 0.0749 e. The molecule has 0 spiro atoms. The van der Waals surface area contributed by atoms with E-state index >= 15 is 0 Å². The minimum atomic E-state index is 0.984. The maximum atomic E-state index is 4.81. The SMILES string of the molecule is CCn1c(C)c2c(C)nn3cc(-c4ccc(Br)cc4)cc3c2c1C. The normalized spacial score (nSPS) is 11.7. The molecule has 0 unspecified atom stereocenters. The van der Waals surface area contributed by atoms with Crippen LogP contribution in [0.5, 0.6) is 0 Å². The van der Waals surface area contributed by atoms with Crippen molar-refractivity contribution in [1.29, 1.82) is 0 Å². The van der Waals surface area contributed by atoms with Crippen LogP contribution < -0.4 is 0 Å². The molecule has 3 heterocycles. The number of hydrogen-bond donors (Lipinski definition) is 0. The molecule has 0 atom stereocenters. The van der Waals surface area contributed by atoms with E-state index in [1.807, 2.05) is 4.52 Å². The van der Waals surface area contributed by atoms with Crippen molar-refractivity contribution >= 4 is 32.2 Å². The van der Waals surface area contributed by atoms with Crippen LogP contribution in [0.4, 0.5) is 0 Å². The van der Waals surface area contributed by atoms with Gasteiger partial charge in [-0.3, -0.25) is 0 Å². The van der Waals surface area contributed by atoms with E-state index in [9.17, 15) is 0 Å². The number of benzene rings is 1. The first kappa shape index (κ1) is 15.5. The summed E-state index contributed by atoms with van der Waals surface area (Å²) in [7, 11) is 0. The molecule has 4 rings (SSSR count). The van der Waals surface area contributed by atoms with Crippen LogP contribution >= 0.6 is 15.9 Å². The summed E-state index contributed by atoms with van der Waals surface area (Å²) in [4.78, 5) is 0. The number of aromatic nitrogens is 3. The van der Waals surface area contributed by atoms with E-state index in [2.05, 4.69) is 84.7 Å². The van der Waals surface area contributed by atoms with Crippen LogP contribution in [0.3, 0.4) is 0 Å². The first-order valence-electron chi connectivity index (χ1n) is 8.25. The Morgan fingerprint density at radius 1 is 0.958 bits per heavy atom. The fourth-order valence-electron chi connectivity index (χ4n) is 3.85. The van der Waals surface area contributed by atoms with Gasteiger partial charge in [0, 0.05) is 44.9 Å². The van der Waals surface area contributed by atoms with Crippen LogP contribution in [0.1, 0.15) is 24.0 Å². The molecule has 24 heavy (non-hydrogen) atoms. The molecule has 3 aromatic heterocycles. The molecule has 0 fully saturated rings. The van der Waals surface area contributed by atoms with Gasteiger partial charge in [0.05, 0.1) is 11.2 Å². The Balaban J connectivity index is 2.06. The third kappa shape index (κ3) is 2.13. The molecule has 0 N–H and O–H groups in total. The lowest BCUT2D eigenvalue weighted by Crippen LogP contribution is -1.98. The zero-order valence-electron chi connectivity index (χ0n) is 14.4. The van der Waals surface area contributed by atoms with Crippen molar-refractivity contribution < 1.29 is 0 Å². The highest BCUT2D eigenvalue weighted by Gasteiger charge is 2.17. The van der Waals surface area contributed by atoms with Crippen LogP contribution in [-0.4, -0.2) is 14.2 Å². The number of halogens is 1. The molecule has 4 aromatic rings. The van der Waals surface area contributed by atoms with E-state index in [0.717, 1.165) is 16.7 Å². The molecule has 0 aliphatic rings. The van der Waals surface area contributed by atoms with E-state index in [-0.39, 0.29) is 0 Å². The topological polar surface area (TPSA) is 22.2 Å². The Labute approximate surface area is 150 Å². The van der Waals surface area contributed by atoms with Crippen LogP contribution in [0, 0.1) is 20.8 Å². The van der Waals surface area contributed by atoms with E-state index < -0.39 is 0 Å². The number of aryl methyl sites for hydroxylation is 3. The van der Waals surface area contributed by atoms with E-state index in [4.69, 9.17) is 5.10 Å². The van der Waals surface area contributed by atoms with Gasteiger partial charge in [-0.2, -0.15) is 5.10 Å². The zero-order valence-corrected chi connectivity index (χ0v) is 16.0. The minimum absolute atomic E-state index is 0.984. The van der Waals surface area contributed by atoms with E-state index in [0.29, 0.717) is 0 Å². The quantitative estimate of drug-likeness (QED) is 0.438. The fraction of sp³-hybridized carbons (Fsp3) is 0.250. The highest BCUT2D eigenvalue weighted by Crippen LogP contribution is 2.33. The van der Waals surface area contributed by atoms with Gasteiger partial charge in [0.1, 0.15) is 0 Å². The molecule has 1 aromatic carbocycles. The third-order valence-corrected chi connectivity index (χ3v) is 5.48. The Morgan fingerprint density at radius 2 is 1.62 bits per heavy atom. The molecule has 0 amide bonds. The minimum Gasteiger partial charge on any atom is -0.348 e. The van der Waals surface area contributed by atoms with Crippen molar-refractivity contribution in [3.8, 4) is 11.1 Å². The highest BCUT2D eigenvalue weighted by molar-refractivity contribution is 9.10. The smallest absolute Gasteiger partial charge is 0.0749 e. The van der Waals surface area contributed by atoms with Gasteiger partial charge in [-0.1, -0.05) is 28.1 Å².